The van der Waals surface area contributed by atoms with Gasteiger partial charge in [0.25, 0.3) is 11.6 Å². The molecule has 1 N–H and O–H groups in total. The number of hydrogen-bond donors (Lipinski definition) is 1. The Kier molecular flexibility index (Phi) is 4.71. The van der Waals surface area contributed by atoms with Crippen molar-refractivity contribution in [2.75, 3.05) is 0 Å². The zero-order valence-electron chi connectivity index (χ0n) is 14.1. The predicted molar refractivity (Wildman–Crippen MR) is 85.2 cm³/mol. The number of hydrogen-bond acceptors (Lipinski definition) is 4. The Morgan fingerprint density at radius 1 is 1.36 bits per heavy atom. The van der Waals surface area contributed by atoms with Gasteiger partial charge in [-0.15, -0.1) is 0 Å². The maximum absolute atomic E-state index is 12.9. The monoisotopic (exact) mass is 355 g/mol. The van der Waals surface area contributed by atoms with Crippen molar-refractivity contribution in [2.24, 2.45) is 5.92 Å². The average molecular weight is 355 g/mol. The van der Waals surface area contributed by atoms with Crippen LogP contribution in [0.15, 0.2) is 16.8 Å². The molecule has 8 heteroatoms. The lowest BCUT2D eigenvalue weighted by molar-refractivity contribution is -0.183. The molecule has 25 heavy (non-hydrogen) atoms. The molecule has 0 spiro atoms. The molecule has 0 bridgehead atoms. The highest BCUT2D eigenvalue weighted by Gasteiger charge is 2.42. The molecule has 2 heterocycles. The van der Waals surface area contributed by atoms with Crippen molar-refractivity contribution in [1.29, 1.82) is 0 Å². The van der Waals surface area contributed by atoms with Gasteiger partial charge in [0.05, 0.1) is 22.6 Å². The molecule has 136 valence electrons. The summed E-state index contributed by atoms with van der Waals surface area (Å²) >= 11 is 0. The van der Waals surface area contributed by atoms with Crippen LogP contribution in [0.5, 0.6) is 0 Å². The van der Waals surface area contributed by atoms with Crippen LogP contribution in [0.4, 0.5) is 13.2 Å². The highest BCUT2D eigenvalue weighted by atomic mass is 19.4. The minimum atomic E-state index is -4.21. The lowest BCUT2D eigenvalue weighted by Crippen LogP contribution is -2.41. The standard InChI is InChI=1S/C17H20F3N3O2/c1-9(2)14-13-6-10(8-21-16(13)25-23-14)15(24)22-12-5-3-4-11(7-12)17(18,19)20/h6,8-9,11-12H,3-5,7H2,1-2H3,(H,22,24). The van der Waals surface area contributed by atoms with E-state index in [0.29, 0.717) is 35.2 Å². The molecular weight excluding hydrogens is 335 g/mol. The number of nitrogens with zero attached hydrogens (tertiary/aromatic N) is 2. The molecule has 1 saturated carbocycles. The third-order valence-electron chi connectivity index (χ3n) is 4.64. The third kappa shape index (κ3) is 3.77. The van der Waals surface area contributed by atoms with E-state index in [0.717, 1.165) is 0 Å². The van der Waals surface area contributed by atoms with Crippen LogP contribution in [0.25, 0.3) is 11.1 Å². The number of carbonyl (C=O) groups is 1. The SMILES string of the molecule is CC(C)c1noc2ncc(C(=O)NC3CCCC(C(F)(F)F)C3)cc12. The smallest absolute Gasteiger partial charge is 0.349 e. The van der Waals surface area contributed by atoms with E-state index < -0.39 is 24.0 Å². The Bertz CT molecular complexity index is 770. The molecule has 3 rings (SSSR count). The molecule has 1 fully saturated rings. The van der Waals surface area contributed by atoms with E-state index in [1.807, 2.05) is 13.8 Å². The van der Waals surface area contributed by atoms with Crippen molar-refractivity contribution >= 4 is 17.0 Å². The summed E-state index contributed by atoms with van der Waals surface area (Å²) in [4.78, 5) is 16.5. The molecule has 2 unspecified atom stereocenters. The van der Waals surface area contributed by atoms with E-state index in [-0.39, 0.29) is 18.8 Å². The van der Waals surface area contributed by atoms with E-state index in [2.05, 4.69) is 15.5 Å². The highest BCUT2D eigenvalue weighted by molar-refractivity contribution is 5.97. The number of fused-ring (bicyclic) bond motifs is 1. The average Bonchev–Trinajstić information content (AvgIpc) is 2.97. The van der Waals surface area contributed by atoms with Crippen LogP contribution in [-0.2, 0) is 0 Å². The first-order valence-electron chi connectivity index (χ1n) is 8.38. The summed E-state index contributed by atoms with van der Waals surface area (Å²) < 4.78 is 43.8. The highest BCUT2D eigenvalue weighted by Crippen LogP contribution is 2.37. The predicted octanol–water partition coefficient (Wildman–Crippen LogP) is 4.20. The fourth-order valence-electron chi connectivity index (χ4n) is 3.28. The van der Waals surface area contributed by atoms with Crippen molar-refractivity contribution in [3.8, 4) is 0 Å². The van der Waals surface area contributed by atoms with Gasteiger partial charge in [-0.25, -0.2) is 4.98 Å². The van der Waals surface area contributed by atoms with Crippen molar-refractivity contribution in [3.05, 3.63) is 23.5 Å². The molecule has 0 saturated heterocycles. The maximum Gasteiger partial charge on any atom is 0.391 e. The van der Waals surface area contributed by atoms with Crippen LogP contribution in [0.2, 0.25) is 0 Å². The van der Waals surface area contributed by atoms with Gasteiger partial charge in [-0.05, 0) is 31.2 Å². The van der Waals surface area contributed by atoms with Crippen molar-refractivity contribution in [2.45, 2.75) is 57.7 Å². The van der Waals surface area contributed by atoms with E-state index in [9.17, 15) is 18.0 Å². The zero-order valence-corrected chi connectivity index (χ0v) is 14.1. The van der Waals surface area contributed by atoms with Crippen molar-refractivity contribution < 1.29 is 22.5 Å². The maximum atomic E-state index is 12.9. The molecule has 0 aliphatic heterocycles. The lowest BCUT2D eigenvalue weighted by atomic mass is 9.85. The third-order valence-corrected chi connectivity index (χ3v) is 4.64. The molecule has 0 aromatic carbocycles. The summed E-state index contributed by atoms with van der Waals surface area (Å²) in [6.07, 6.45) is -1.79. The summed E-state index contributed by atoms with van der Waals surface area (Å²) in [6.45, 7) is 3.90. The second-order valence-electron chi connectivity index (χ2n) is 6.87. The number of pyridine rings is 1. The molecule has 2 aromatic heterocycles. The topological polar surface area (TPSA) is 68.0 Å². The molecule has 0 radical (unpaired) electrons. The summed E-state index contributed by atoms with van der Waals surface area (Å²) in [5.74, 6) is -1.66. The summed E-state index contributed by atoms with van der Waals surface area (Å²) in [7, 11) is 0. The molecular formula is C17H20F3N3O2. The molecule has 1 amide bonds. The molecule has 2 atom stereocenters. The van der Waals surface area contributed by atoms with Crippen LogP contribution in [-0.4, -0.2) is 28.3 Å². The Balaban J connectivity index is 1.75. The van der Waals surface area contributed by atoms with Gasteiger partial charge in [0.15, 0.2) is 0 Å². The Labute approximate surface area is 143 Å². The lowest BCUT2D eigenvalue weighted by Gasteiger charge is -2.31. The van der Waals surface area contributed by atoms with Gasteiger partial charge < -0.3 is 9.84 Å². The number of rotatable bonds is 3. The van der Waals surface area contributed by atoms with Crippen molar-refractivity contribution in [3.63, 3.8) is 0 Å². The first-order valence-corrected chi connectivity index (χ1v) is 8.38. The fourth-order valence-corrected chi connectivity index (χ4v) is 3.28. The van der Waals surface area contributed by atoms with Gasteiger partial charge in [0.1, 0.15) is 0 Å². The van der Waals surface area contributed by atoms with Crippen LogP contribution in [0.1, 0.15) is 61.5 Å². The molecule has 5 nitrogen and oxygen atoms in total. The largest absolute Gasteiger partial charge is 0.391 e. The number of alkyl halides is 3. The summed E-state index contributed by atoms with van der Waals surface area (Å²) in [6, 6.07) is 1.16. The van der Waals surface area contributed by atoms with Gasteiger partial charge in [-0.2, -0.15) is 13.2 Å². The van der Waals surface area contributed by atoms with Crippen LogP contribution < -0.4 is 5.32 Å². The zero-order chi connectivity index (χ0) is 18.2. The fraction of sp³-hybridized carbons (Fsp3) is 0.588. The first-order chi connectivity index (χ1) is 11.8. The second-order valence-corrected chi connectivity index (χ2v) is 6.87. The molecule has 2 aromatic rings. The number of halogens is 3. The van der Waals surface area contributed by atoms with Gasteiger partial charge in [-0.1, -0.05) is 25.4 Å². The van der Waals surface area contributed by atoms with Crippen LogP contribution in [0.3, 0.4) is 0 Å². The molecule has 1 aliphatic rings. The quantitative estimate of drug-likeness (QED) is 0.896. The van der Waals surface area contributed by atoms with Gasteiger partial charge in [0, 0.05) is 12.2 Å². The summed E-state index contributed by atoms with van der Waals surface area (Å²) in [5, 5.41) is 7.32. The number of amides is 1. The second kappa shape index (κ2) is 6.65. The van der Waals surface area contributed by atoms with Crippen LogP contribution >= 0.6 is 0 Å². The Hall–Kier alpha value is -2.12. The number of aromatic nitrogens is 2. The van der Waals surface area contributed by atoms with E-state index >= 15 is 0 Å². The van der Waals surface area contributed by atoms with Gasteiger partial charge >= 0.3 is 6.18 Å². The van der Waals surface area contributed by atoms with Crippen LogP contribution in [0, 0.1) is 5.92 Å². The summed E-state index contributed by atoms with van der Waals surface area (Å²) in [5.41, 5.74) is 1.34. The molecule has 1 aliphatic carbocycles. The van der Waals surface area contributed by atoms with E-state index in [1.165, 1.54) is 6.20 Å². The van der Waals surface area contributed by atoms with E-state index in [4.69, 9.17) is 4.52 Å². The van der Waals surface area contributed by atoms with Gasteiger partial charge in [-0.3, -0.25) is 4.79 Å². The Morgan fingerprint density at radius 3 is 2.80 bits per heavy atom. The number of carbonyl (C=O) groups excluding carboxylic acids is 1. The normalized spacial score (nSPS) is 21.7. The first kappa shape index (κ1) is 17.7. The van der Waals surface area contributed by atoms with E-state index in [1.54, 1.807) is 6.07 Å². The number of nitrogens with one attached hydrogen (secondary N) is 1. The van der Waals surface area contributed by atoms with Gasteiger partial charge in [0.2, 0.25) is 0 Å². The Morgan fingerprint density at radius 2 is 2.12 bits per heavy atom. The van der Waals surface area contributed by atoms with Crippen molar-refractivity contribution in [1.82, 2.24) is 15.5 Å². The minimum Gasteiger partial charge on any atom is -0.349 e. The minimum absolute atomic E-state index is 0.0740.